The predicted molar refractivity (Wildman–Crippen MR) is 228 cm³/mol. The van der Waals surface area contributed by atoms with Gasteiger partial charge in [-0.1, -0.05) is 158 Å². The van der Waals surface area contributed by atoms with Gasteiger partial charge in [0.05, 0.1) is 11.2 Å². The molecule has 0 fully saturated rings. The fourth-order valence-corrected chi connectivity index (χ4v) is 10.0. The first kappa shape index (κ1) is 31.0. The Morgan fingerprint density at radius 3 is 1.46 bits per heavy atom. The van der Waals surface area contributed by atoms with E-state index in [0.29, 0.717) is 17.5 Å². The number of hydrogen-bond acceptors (Lipinski definition) is 6. The number of benzene rings is 7. The van der Waals surface area contributed by atoms with Crippen molar-refractivity contribution in [2.24, 2.45) is 0 Å². The van der Waals surface area contributed by atoms with E-state index in [1.165, 1.54) is 51.3 Å². The van der Waals surface area contributed by atoms with Gasteiger partial charge < -0.3 is 0 Å². The lowest BCUT2D eigenvalue weighted by molar-refractivity contribution is 1.07. The molecule has 0 saturated carbocycles. The molecule has 0 unspecified atom stereocenters. The van der Waals surface area contributed by atoms with Crippen molar-refractivity contribution in [2.75, 3.05) is 0 Å². The Labute approximate surface area is 318 Å². The maximum absolute atomic E-state index is 5.61. The van der Waals surface area contributed by atoms with Gasteiger partial charge in [-0.05, 0) is 12.1 Å². The van der Waals surface area contributed by atoms with Crippen LogP contribution in [0.4, 0.5) is 0 Å². The van der Waals surface area contributed by atoms with E-state index in [0.717, 1.165) is 39.0 Å². The van der Waals surface area contributed by atoms with Crippen molar-refractivity contribution in [1.82, 2.24) is 19.9 Å². The monoisotopic (exact) mass is 724 g/mol. The van der Waals surface area contributed by atoms with Crippen LogP contribution in [0.5, 0.6) is 0 Å². The fraction of sp³-hybridized carbons (Fsp3) is 0. The molecule has 4 heterocycles. The van der Waals surface area contributed by atoms with E-state index >= 15 is 0 Å². The van der Waals surface area contributed by atoms with Crippen LogP contribution in [-0.2, 0) is 0 Å². The number of thiophene rings is 2. The summed E-state index contributed by atoms with van der Waals surface area (Å²) in [5, 5.41) is 6.17. The molecule has 0 radical (unpaired) electrons. The number of para-hydroxylation sites is 1. The third-order valence-corrected chi connectivity index (χ3v) is 12.6. The van der Waals surface area contributed by atoms with Crippen molar-refractivity contribution < 1.29 is 0 Å². The molecule has 0 spiro atoms. The molecule has 6 heteroatoms. The summed E-state index contributed by atoms with van der Waals surface area (Å²) in [5.41, 5.74) is 8.21. The normalized spacial score (nSPS) is 11.7. The Hall–Kier alpha value is -6.60. The van der Waals surface area contributed by atoms with E-state index in [4.69, 9.17) is 19.9 Å². The van der Waals surface area contributed by atoms with E-state index in [9.17, 15) is 0 Å². The molecule has 0 atom stereocenters. The third kappa shape index (κ3) is 5.03. The number of rotatable bonds is 5. The van der Waals surface area contributed by atoms with Crippen LogP contribution in [-0.4, -0.2) is 19.9 Å². The lowest BCUT2D eigenvalue weighted by Crippen LogP contribution is -2.00. The van der Waals surface area contributed by atoms with Crippen molar-refractivity contribution in [2.45, 2.75) is 0 Å². The van der Waals surface area contributed by atoms with Crippen LogP contribution in [0.15, 0.2) is 170 Å². The summed E-state index contributed by atoms with van der Waals surface area (Å²) in [6, 6.07) is 59.5. The van der Waals surface area contributed by atoms with Crippen LogP contribution in [0, 0.1) is 0 Å². The van der Waals surface area contributed by atoms with Crippen LogP contribution < -0.4 is 0 Å². The summed E-state index contributed by atoms with van der Waals surface area (Å²) >= 11 is 3.70. The van der Waals surface area contributed by atoms with Gasteiger partial charge in [0, 0.05) is 79.1 Å². The van der Waals surface area contributed by atoms with Crippen LogP contribution in [0.1, 0.15) is 0 Å². The van der Waals surface area contributed by atoms with Crippen LogP contribution in [0.25, 0.3) is 108 Å². The summed E-state index contributed by atoms with van der Waals surface area (Å²) in [6.07, 6.45) is 0. The molecule has 0 aliphatic heterocycles. The molecule has 0 saturated heterocycles. The van der Waals surface area contributed by atoms with Gasteiger partial charge in [-0.2, -0.15) is 0 Å². The molecular weight excluding hydrogens is 697 g/mol. The molecule has 0 aliphatic rings. The number of nitrogens with zero attached hydrogens (tertiary/aromatic N) is 4. The van der Waals surface area contributed by atoms with Crippen LogP contribution in [0.3, 0.4) is 0 Å². The molecule has 4 nitrogen and oxygen atoms in total. The Morgan fingerprint density at radius 2 is 0.796 bits per heavy atom. The number of pyridine rings is 1. The lowest BCUT2D eigenvalue weighted by Gasteiger charge is -2.13. The quantitative estimate of drug-likeness (QED) is 0.177. The zero-order valence-corrected chi connectivity index (χ0v) is 30.4. The van der Waals surface area contributed by atoms with Gasteiger partial charge in [0.2, 0.25) is 0 Å². The van der Waals surface area contributed by atoms with Crippen molar-refractivity contribution >= 4 is 73.9 Å². The van der Waals surface area contributed by atoms with Gasteiger partial charge in [-0.15, -0.1) is 22.7 Å². The number of hydrogen-bond donors (Lipinski definition) is 0. The zero-order valence-electron chi connectivity index (χ0n) is 28.8. The topological polar surface area (TPSA) is 51.6 Å². The van der Waals surface area contributed by atoms with Gasteiger partial charge >= 0.3 is 0 Å². The summed E-state index contributed by atoms with van der Waals surface area (Å²) < 4.78 is 5.09. The summed E-state index contributed by atoms with van der Waals surface area (Å²) in [7, 11) is 0. The third-order valence-electron chi connectivity index (χ3n) is 10.1. The molecule has 11 aromatic rings. The lowest BCUT2D eigenvalue weighted by atomic mass is 9.97. The average molecular weight is 725 g/mol. The second-order valence-electron chi connectivity index (χ2n) is 13.4. The molecule has 0 N–H and O–H groups in total. The minimum Gasteiger partial charge on any atom is -0.246 e. The average Bonchev–Trinajstić information content (AvgIpc) is 3.83. The largest absolute Gasteiger partial charge is 0.246 e. The van der Waals surface area contributed by atoms with Gasteiger partial charge in [-0.25, -0.2) is 19.9 Å². The van der Waals surface area contributed by atoms with E-state index in [1.807, 2.05) is 83.3 Å². The predicted octanol–water partition coefficient (Wildman–Crippen LogP) is 13.5. The fourth-order valence-electron chi connectivity index (χ4n) is 7.59. The first-order valence-electron chi connectivity index (χ1n) is 17.9. The Morgan fingerprint density at radius 1 is 0.315 bits per heavy atom. The maximum atomic E-state index is 5.61. The molecule has 54 heavy (non-hydrogen) atoms. The molecule has 0 aliphatic carbocycles. The summed E-state index contributed by atoms with van der Waals surface area (Å²) in [4.78, 5) is 20.4. The highest BCUT2D eigenvalue weighted by atomic mass is 32.1. The molecular formula is C48H28N4S2. The molecule has 11 rings (SSSR count). The second kappa shape index (κ2) is 12.5. The zero-order chi connectivity index (χ0) is 35.6. The molecule has 4 aromatic heterocycles. The SMILES string of the molecule is c1ccc(-c2nc(-c3ccccc3)nc(-c3ccc(-c4nc5c(-c6cccc7c6sc6ccccc67)cccc5c5sc6ccccc6c45)cc3)n2)cc1. The smallest absolute Gasteiger partial charge is 0.164 e. The molecule has 7 aromatic carbocycles. The Kier molecular flexibility index (Phi) is 7.18. The maximum Gasteiger partial charge on any atom is 0.164 e. The van der Waals surface area contributed by atoms with Gasteiger partial charge in [0.15, 0.2) is 17.5 Å². The molecule has 0 amide bonds. The summed E-state index contributed by atoms with van der Waals surface area (Å²) in [6.45, 7) is 0. The Bertz CT molecular complexity index is 3150. The van der Waals surface area contributed by atoms with E-state index < -0.39 is 0 Å². The highest BCUT2D eigenvalue weighted by molar-refractivity contribution is 7.27. The van der Waals surface area contributed by atoms with Crippen molar-refractivity contribution in [3.63, 3.8) is 0 Å². The minimum absolute atomic E-state index is 0.630. The van der Waals surface area contributed by atoms with Crippen LogP contribution >= 0.6 is 22.7 Å². The first-order chi connectivity index (χ1) is 26.8. The minimum atomic E-state index is 0.630. The van der Waals surface area contributed by atoms with E-state index in [2.05, 4.69) is 109 Å². The number of aromatic nitrogens is 4. The number of fused-ring (bicyclic) bond motifs is 8. The molecule has 0 bridgehead atoms. The van der Waals surface area contributed by atoms with E-state index in [1.54, 1.807) is 0 Å². The first-order valence-corrected chi connectivity index (χ1v) is 19.5. The Balaban J connectivity index is 1.11. The van der Waals surface area contributed by atoms with Crippen molar-refractivity contribution in [3.8, 4) is 56.5 Å². The van der Waals surface area contributed by atoms with Crippen LogP contribution in [0.2, 0.25) is 0 Å². The van der Waals surface area contributed by atoms with Crippen molar-refractivity contribution in [1.29, 1.82) is 0 Å². The highest BCUT2D eigenvalue weighted by Gasteiger charge is 2.20. The van der Waals surface area contributed by atoms with Crippen molar-refractivity contribution in [3.05, 3.63) is 170 Å². The van der Waals surface area contributed by atoms with Gasteiger partial charge in [0.25, 0.3) is 0 Å². The second-order valence-corrected chi connectivity index (χ2v) is 15.5. The standard InChI is InChI=1S/C48H28N4S2/c1-3-13-30(14-4-1)46-50-47(31-15-5-2-6-16-31)52-48(51-46)32-27-25-29(26-28-32)42-41-37-18-8-10-24-40(37)54-45(41)38-22-11-19-34(43(38)49-42)36-21-12-20-35-33-17-7-9-23-39(33)53-44(35)36/h1-28H. The summed E-state index contributed by atoms with van der Waals surface area (Å²) in [5.74, 6) is 1.92. The van der Waals surface area contributed by atoms with E-state index in [-0.39, 0.29) is 0 Å². The van der Waals surface area contributed by atoms with Gasteiger partial charge in [0.1, 0.15) is 0 Å². The highest BCUT2D eigenvalue weighted by Crippen LogP contribution is 2.46. The van der Waals surface area contributed by atoms with Gasteiger partial charge in [-0.3, -0.25) is 0 Å². The molecule has 252 valence electrons.